The molecular weight excluding hydrogens is 382 g/mol. The molecule has 1 aliphatic heterocycles. The van der Waals surface area contributed by atoms with Gasteiger partial charge in [-0.05, 0) is 61.7 Å². The van der Waals surface area contributed by atoms with Gasteiger partial charge >= 0.3 is 0 Å². The highest BCUT2D eigenvalue weighted by atomic mass is 16.5. The fourth-order valence-electron chi connectivity index (χ4n) is 3.79. The zero-order chi connectivity index (χ0) is 21.8. The molecule has 1 unspecified atom stereocenters. The van der Waals surface area contributed by atoms with Crippen LogP contribution in [-0.2, 0) is 9.59 Å². The second-order valence-corrected chi connectivity index (χ2v) is 7.18. The number of methoxy groups -OCH3 is 1. The monoisotopic (exact) mass is 409 g/mol. The minimum atomic E-state index is -0.671. The Morgan fingerprint density at radius 2 is 1.73 bits per heavy atom. The highest BCUT2D eigenvalue weighted by Crippen LogP contribution is 2.40. The van der Waals surface area contributed by atoms with Crippen molar-refractivity contribution in [2.75, 3.05) is 20.3 Å². The molecule has 0 saturated carbocycles. The van der Waals surface area contributed by atoms with Gasteiger partial charge in [0.05, 0.1) is 25.3 Å². The summed E-state index contributed by atoms with van der Waals surface area (Å²) in [6.07, 6.45) is 0.697. The quantitative estimate of drug-likeness (QED) is 0.421. The molecule has 30 heavy (non-hydrogen) atoms. The summed E-state index contributed by atoms with van der Waals surface area (Å²) in [7, 11) is 1.57. The number of carbonyl (C=O) groups is 2. The Bertz CT molecular complexity index is 978. The normalized spacial score (nSPS) is 18.0. The van der Waals surface area contributed by atoms with Gasteiger partial charge in [0.2, 0.25) is 0 Å². The van der Waals surface area contributed by atoms with Crippen LogP contribution >= 0.6 is 0 Å². The Hall–Kier alpha value is -3.28. The van der Waals surface area contributed by atoms with Gasteiger partial charge in [0, 0.05) is 12.1 Å². The van der Waals surface area contributed by atoms with Gasteiger partial charge in [-0.1, -0.05) is 19.1 Å². The molecule has 1 atom stereocenters. The van der Waals surface area contributed by atoms with E-state index in [4.69, 9.17) is 9.47 Å². The van der Waals surface area contributed by atoms with Gasteiger partial charge < -0.3 is 19.5 Å². The summed E-state index contributed by atoms with van der Waals surface area (Å²) in [5.74, 6) is -0.0808. The molecular formula is C24H27NO5. The summed E-state index contributed by atoms with van der Waals surface area (Å²) in [5.41, 5.74) is 2.10. The van der Waals surface area contributed by atoms with Gasteiger partial charge in [0.1, 0.15) is 17.3 Å². The van der Waals surface area contributed by atoms with Crippen LogP contribution < -0.4 is 9.47 Å². The first-order valence-electron chi connectivity index (χ1n) is 10.1. The molecule has 0 radical (unpaired) electrons. The van der Waals surface area contributed by atoms with E-state index >= 15 is 0 Å². The molecule has 1 amide bonds. The number of rotatable bonds is 7. The molecule has 1 heterocycles. The Balaban J connectivity index is 2.14. The van der Waals surface area contributed by atoms with Crippen molar-refractivity contribution < 1.29 is 24.2 Å². The zero-order valence-electron chi connectivity index (χ0n) is 17.8. The van der Waals surface area contributed by atoms with Gasteiger partial charge in [0.15, 0.2) is 0 Å². The van der Waals surface area contributed by atoms with Gasteiger partial charge in [-0.15, -0.1) is 0 Å². The molecule has 2 aromatic carbocycles. The predicted molar refractivity (Wildman–Crippen MR) is 115 cm³/mol. The van der Waals surface area contributed by atoms with Crippen molar-refractivity contribution in [1.29, 1.82) is 0 Å². The number of hydrogen-bond acceptors (Lipinski definition) is 5. The van der Waals surface area contributed by atoms with Crippen LogP contribution in [0.4, 0.5) is 0 Å². The molecule has 6 heteroatoms. The van der Waals surface area contributed by atoms with E-state index in [2.05, 4.69) is 0 Å². The van der Waals surface area contributed by atoms with E-state index in [-0.39, 0.29) is 11.3 Å². The van der Waals surface area contributed by atoms with E-state index in [1.807, 2.05) is 45.0 Å². The van der Waals surface area contributed by atoms with Crippen LogP contribution in [0.1, 0.15) is 43.0 Å². The van der Waals surface area contributed by atoms with Gasteiger partial charge in [-0.3, -0.25) is 9.59 Å². The van der Waals surface area contributed by atoms with Crippen LogP contribution in [0, 0.1) is 6.92 Å². The largest absolute Gasteiger partial charge is 0.507 e. The maximum atomic E-state index is 12.9. The number of carbonyl (C=O) groups excluding carboxylic acids is 2. The molecule has 1 saturated heterocycles. The molecule has 2 aromatic rings. The lowest BCUT2D eigenvalue weighted by Gasteiger charge is -2.25. The predicted octanol–water partition coefficient (Wildman–Crippen LogP) is 4.23. The maximum Gasteiger partial charge on any atom is 0.295 e. The topological polar surface area (TPSA) is 76.1 Å². The van der Waals surface area contributed by atoms with Crippen LogP contribution in [0.3, 0.4) is 0 Å². The summed E-state index contributed by atoms with van der Waals surface area (Å²) in [6.45, 7) is 6.64. The number of nitrogens with zero attached hydrogens (tertiary/aromatic N) is 1. The molecule has 0 bridgehead atoms. The molecule has 158 valence electrons. The number of ether oxygens (including phenoxy) is 2. The lowest BCUT2D eigenvalue weighted by atomic mass is 9.94. The molecule has 0 spiro atoms. The maximum absolute atomic E-state index is 12.9. The van der Waals surface area contributed by atoms with Gasteiger partial charge in [-0.25, -0.2) is 0 Å². The van der Waals surface area contributed by atoms with E-state index in [1.54, 1.807) is 25.3 Å². The van der Waals surface area contributed by atoms with Crippen molar-refractivity contribution in [2.45, 2.75) is 33.2 Å². The molecule has 1 fully saturated rings. The molecule has 1 aliphatic rings. The minimum absolute atomic E-state index is 0.103. The minimum Gasteiger partial charge on any atom is -0.507 e. The highest BCUT2D eigenvalue weighted by molar-refractivity contribution is 6.46. The van der Waals surface area contributed by atoms with Gasteiger partial charge in [0.25, 0.3) is 11.7 Å². The fraction of sp³-hybridized carbons (Fsp3) is 0.333. The molecule has 1 N–H and O–H groups in total. The van der Waals surface area contributed by atoms with Crippen LogP contribution in [0.15, 0.2) is 48.0 Å². The van der Waals surface area contributed by atoms with Crippen molar-refractivity contribution in [3.8, 4) is 11.5 Å². The lowest BCUT2D eigenvalue weighted by Crippen LogP contribution is -2.30. The average molecular weight is 409 g/mol. The van der Waals surface area contributed by atoms with E-state index in [9.17, 15) is 14.7 Å². The summed E-state index contributed by atoms with van der Waals surface area (Å²) < 4.78 is 10.7. The van der Waals surface area contributed by atoms with Crippen molar-refractivity contribution in [2.24, 2.45) is 0 Å². The third-order valence-electron chi connectivity index (χ3n) is 5.20. The van der Waals surface area contributed by atoms with Crippen LogP contribution in [0.5, 0.6) is 11.5 Å². The van der Waals surface area contributed by atoms with E-state index in [1.165, 1.54) is 4.90 Å². The number of ketones is 1. The van der Waals surface area contributed by atoms with Crippen LogP contribution in [0.2, 0.25) is 0 Å². The standard InChI is InChI=1S/C24H27NO5/c1-5-13-25-21(16-7-9-17(10-8-16)30-6-2)20(23(27)24(25)28)22(26)19-12-11-18(29-4)14-15(19)3/h7-12,14,21,26H,5-6,13H2,1-4H3/b22-20-. The van der Waals surface area contributed by atoms with Crippen LogP contribution in [0.25, 0.3) is 5.76 Å². The Labute approximate surface area is 176 Å². The molecule has 6 nitrogen and oxygen atoms in total. The van der Waals surface area contributed by atoms with Crippen molar-refractivity contribution >= 4 is 17.4 Å². The summed E-state index contributed by atoms with van der Waals surface area (Å²) in [5, 5.41) is 11.1. The Morgan fingerprint density at radius 1 is 1.07 bits per heavy atom. The Morgan fingerprint density at radius 3 is 2.30 bits per heavy atom. The second-order valence-electron chi connectivity index (χ2n) is 7.18. The summed E-state index contributed by atoms with van der Waals surface area (Å²) in [4.78, 5) is 27.2. The average Bonchev–Trinajstić information content (AvgIpc) is 2.99. The SMILES string of the molecule is CCCN1C(=O)C(=O)/C(=C(\O)c2ccc(OC)cc2C)C1c1ccc(OCC)cc1. The van der Waals surface area contributed by atoms with E-state index < -0.39 is 17.7 Å². The molecule has 0 aromatic heterocycles. The summed E-state index contributed by atoms with van der Waals surface area (Å²) in [6, 6.07) is 11.8. The number of Topliss-reactive ketones (excluding diaryl/α,β-unsaturated/α-hetero) is 1. The second kappa shape index (κ2) is 9.03. The molecule has 3 rings (SSSR count). The zero-order valence-corrected chi connectivity index (χ0v) is 17.8. The third kappa shape index (κ3) is 3.90. The number of likely N-dealkylation sites (tertiary alicyclic amines) is 1. The van der Waals surface area contributed by atoms with Crippen molar-refractivity contribution in [3.63, 3.8) is 0 Å². The molecule has 0 aliphatic carbocycles. The van der Waals surface area contributed by atoms with Crippen molar-refractivity contribution in [3.05, 3.63) is 64.7 Å². The van der Waals surface area contributed by atoms with Crippen molar-refractivity contribution in [1.82, 2.24) is 4.90 Å². The summed E-state index contributed by atoms with van der Waals surface area (Å²) >= 11 is 0. The number of aliphatic hydroxyl groups excluding tert-OH is 1. The van der Waals surface area contributed by atoms with E-state index in [0.717, 1.165) is 11.1 Å². The number of benzene rings is 2. The Kier molecular flexibility index (Phi) is 6.45. The first-order chi connectivity index (χ1) is 14.4. The highest BCUT2D eigenvalue weighted by Gasteiger charge is 2.45. The first-order valence-corrected chi connectivity index (χ1v) is 10.1. The van der Waals surface area contributed by atoms with E-state index in [0.29, 0.717) is 36.6 Å². The third-order valence-corrected chi connectivity index (χ3v) is 5.20. The fourth-order valence-corrected chi connectivity index (χ4v) is 3.79. The number of aliphatic hydroxyl groups is 1. The number of hydrogen-bond donors (Lipinski definition) is 1. The first kappa shape index (κ1) is 21.4. The van der Waals surface area contributed by atoms with Crippen LogP contribution in [-0.4, -0.2) is 42.0 Å². The lowest BCUT2D eigenvalue weighted by molar-refractivity contribution is -0.139. The smallest absolute Gasteiger partial charge is 0.295 e. The van der Waals surface area contributed by atoms with Gasteiger partial charge in [-0.2, -0.15) is 0 Å². The number of amides is 1. The number of aryl methyl sites for hydroxylation is 1.